The van der Waals surface area contributed by atoms with Crippen molar-refractivity contribution in [2.75, 3.05) is 13.1 Å². The van der Waals surface area contributed by atoms with E-state index in [1.807, 2.05) is 0 Å². The normalized spacial score (nSPS) is 28.2. The summed E-state index contributed by atoms with van der Waals surface area (Å²) in [5, 5.41) is 3.19. The Hall–Kier alpha value is -1.39. The summed E-state index contributed by atoms with van der Waals surface area (Å²) < 4.78 is 0. The van der Waals surface area contributed by atoms with Crippen LogP contribution in [0.4, 0.5) is 0 Å². The van der Waals surface area contributed by atoms with Crippen molar-refractivity contribution in [1.82, 2.24) is 10.2 Å². The van der Waals surface area contributed by atoms with Crippen LogP contribution in [0.1, 0.15) is 57.1 Å². The number of amides is 1. The number of fused-ring (bicyclic) bond motifs is 2. The fourth-order valence-corrected chi connectivity index (χ4v) is 4.88. The monoisotopic (exact) mass is 357 g/mol. The molecule has 1 aromatic rings. The first kappa shape index (κ1) is 19.4. The molecule has 144 valence electrons. The van der Waals surface area contributed by atoms with E-state index < -0.39 is 0 Å². The first-order valence-electron chi connectivity index (χ1n) is 10.4. The molecule has 2 saturated carbocycles. The standard InChI is InChI=1S/C22H35N3O/c1-3-25(4-2)15-17-8-5-7-16(11-17)14-24-22(26)20-12-18-9-6-10-19(13-20)21(18)23/h5,7-8,11,18-21H,3-4,6,9-10,12-15,23H2,1-2H3,(H,24,26). The summed E-state index contributed by atoms with van der Waals surface area (Å²) in [6.45, 7) is 8.10. The molecule has 4 nitrogen and oxygen atoms in total. The van der Waals surface area contributed by atoms with Crippen LogP contribution in [-0.4, -0.2) is 29.9 Å². The van der Waals surface area contributed by atoms with Crippen LogP contribution in [0.3, 0.4) is 0 Å². The van der Waals surface area contributed by atoms with Crippen molar-refractivity contribution < 1.29 is 4.79 Å². The van der Waals surface area contributed by atoms with Crippen molar-refractivity contribution in [3.63, 3.8) is 0 Å². The van der Waals surface area contributed by atoms with Crippen molar-refractivity contribution in [2.24, 2.45) is 23.5 Å². The molecule has 2 atom stereocenters. The van der Waals surface area contributed by atoms with Gasteiger partial charge in [-0.3, -0.25) is 9.69 Å². The first-order chi connectivity index (χ1) is 12.6. The lowest BCUT2D eigenvalue weighted by atomic mass is 9.65. The van der Waals surface area contributed by atoms with E-state index in [1.165, 1.54) is 30.4 Å². The molecule has 1 aromatic carbocycles. The van der Waals surface area contributed by atoms with E-state index in [0.717, 1.165) is 32.5 Å². The highest BCUT2D eigenvalue weighted by Gasteiger charge is 2.40. The Bertz CT molecular complexity index is 585. The Labute approximate surface area is 158 Å². The summed E-state index contributed by atoms with van der Waals surface area (Å²) in [4.78, 5) is 15.1. The molecule has 2 aliphatic carbocycles. The minimum atomic E-state index is 0.156. The number of hydrogen-bond donors (Lipinski definition) is 2. The van der Waals surface area contributed by atoms with Gasteiger partial charge in [-0.2, -0.15) is 0 Å². The van der Waals surface area contributed by atoms with Gasteiger partial charge in [0.2, 0.25) is 5.91 Å². The van der Waals surface area contributed by atoms with Crippen molar-refractivity contribution in [2.45, 2.75) is 65.1 Å². The van der Waals surface area contributed by atoms with Crippen LogP contribution in [0, 0.1) is 17.8 Å². The van der Waals surface area contributed by atoms with E-state index in [4.69, 9.17) is 5.73 Å². The van der Waals surface area contributed by atoms with Gasteiger partial charge in [0.05, 0.1) is 0 Å². The maximum absolute atomic E-state index is 12.7. The highest BCUT2D eigenvalue weighted by atomic mass is 16.1. The number of carbonyl (C=O) groups is 1. The van der Waals surface area contributed by atoms with Crippen LogP contribution in [0.15, 0.2) is 24.3 Å². The van der Waals surface area contributed by atoms with Crippen LogP contribution in [0.2, 0.25) is 0 Å². The van der Waals surface area contributed by atoms with Crippen LogP contribution < -0.4 is 11.1 Å². The fraction of sp³-hybridized carbons (Fsp3) is 0.682. The lowest BCUT2D eigenvalue weighted by Crippen LogP contribution is -2.49. The van der Waals surface area contributed by atoms with E-state index >= 15 is 0 Å². The van der Waals surface area contributed by atoms with Crippen LogP contribution in [0.5, 0.6) is 0 Å². The molecule has 1 amide bonds. The molecule has 0 heterocycles. The maximum Gasteiger partial charge on any atom is 0.223 e. The Morgan fingerprint density at radius 2 is 1.81 bits per heavy atom. The van der Waals surface area contributed by atoms with E-state index in [2.05, 4.69) is 48.3 Å². The van der Waals surface area contributed by atoms with E-state index in [9.17, 15) is 4.79 Å². The zero-order valence-electron chi connectivity index (χ0n) is 16.4. The molecule has 26 heavy (non-hydrogen) atoms. The zero-order valence-corrected chi connectivity index (χ0v) is 16.4. The quantitative estimate of drug-likeness (QED) is 0.787. The van der Waals surface area contributed by atoms with Crippen molar-refractivity contribution in [1.29, 1.82) is 0 Å². The molecule has 0 saturated heterocycles. The molecule has 2 fully saturated rings. The molecule has 0 aromatic heterocycles. The smallest absolute Gasteiger partial charge is 0.223 e. The third kappa shape index (κ3) is 4.66. The van der Waals surface area contributed by atoms with Crippen LogP contribution >= 0.6 is 0 Å². The SMILES string of the molecule is CCN(CC)Cc1cccc(CNC(=O)C2CC3CCCC(C2)C3N)c1. The second kappa shape index (κ2) is 9.01. The molecule has 3 rings (SSSR count). The molecular weight excluding hydrogens is 322 g/mol. The first-order valence-corrected chi connectivity index (χ1v) is 10.4. The Balaban J connectivity index is 1.53. The number of nitrogens with two attached hydrogens (primary N) is 1. The van der Waals surface area contributed by atoms with Crippen molar-refractivity contribution in [3.05, 3.63) is 35.4 Å². The summed E-state index contributed by atoms with van der Waals surface area (Å²) >= 11 is 0. The zero-order chi connectivity index (χ0) is 18.5. The number of nitrogens with zero attached hydrogens (tertiary/aromatic N) is 1. The molecule has 2 aliphatic rings. The van der Waals surface area contributed by atoms with E-state index in [-0.39, 0.29) is 11.8 Å². The van der Waals surface area contributed by atoms with Gasteiger partial charge in [-0.15, -0.1) is 0 Å². The average molecular weight is 358 g/mol. The minimum absolute atomic E-state index is 0.156. The Kier molecular flexibility index (Phi) is 6.71. The third-order valence-corrected chi connectivity index (χ3v) is 6.54. The number of nitrogens with one attached hydrogen (secondary N) is 1. The maximum atomic E-state index is 12.7. The van der Waals surface area contributed by atoms with Crippen molar-refractivity contribution >= 4 is 5.91 Å². The Morgan fingerprint density at radius 1 is 1.15 bits per heavy atom. The molecule has 2 bridgehead atoms. The predicted octanol–water partition coefficient (Wildman–Crippen LogP) is 3.30. The highest BCUT2D eigenvalue weighted by Crippen LogP contribution is 2.41. The van der Waals surface area contributed by atoms with Gasteiger partial charge in [0, 0.05) is 25.0 Å². The van der Waals surface area contributed by atoms with Gasteiger partial charge >= 0.3 is 0 Å². The molecule has 0 spiro atoms. The van der Waals surface area contributed by atoms with Gasteiger partial charge in [-0.05, 0) is 61.7 Å². The largest absolute Gasteiger partial charge is 0.352 e. The van der Waals surface area contributed by atoms with Crippen LogP contribution in [0.25, 0.3) is 0 Å². The number of rotatable bonds is 7. The van der Waals surface area contributed by atoms with Gasteiger partial charge in [0.15, 0.2) is 0 Å². The van der Waals surface area contributed by atoms with Crippen LogP contribution in [-0.2, 0) is 17.9 Å². The summed E-state index contributed by atoms with van der Waals surface area (Å²) in [5.74, 6) is 1.48. The predicted molar refractivity (Wildman–Crippen MR) is 106 cm³/mol. The molecule has 4 heteroatoms. The summed E-state index contributed by atoms with van der Waals surface area (Å²) in [6, 6.07) is 8.93. The summed E-state index contributed by atoms with van der Waals surface area (Å²) in [7, 11) is 0. The van der Waals surface area contributed by atoms with Gasteiger partial charge < -0.3 is 11.1 Å². The van der Waals surface area contributed by atoms with Gasteiger partial charge in [-0.25, -0.2) is 0 Å². The Morgan fingerprint density at radius 3 is 2.46 bits per heavy atom. The molecule has 0 aliphatic heterocycles. The fourth-order valence-electron chi connectivity index (χ4n) is 4.88. The number of benzene rings is 1. The topological polar surface area (TPSA) is 58.4 Å². The molecule has 2 unspecified atom stereocenters. The second-order valence-corrected chi connectivity index (χ2v) is 8.20. The minimum Gasteiger partial charge on any atom is -0.352 e. The molecule has 3 N–H and O–H groups in total. The van der Waals surface area contributed by atoms with Gasteiger partial charge in [0.25, 0.3) is 0 Å². The average Bonchev–Trinajstić information content (AvgIpc) is 2.64. The van der Waals surface area contributed by atoms with Gasteiger partial charge in [0.1, 0.15) is 0 Å². The second-order valence-electron chi connectivity index (χ2n) is 8.20. The molecular formula is C22H35N3O. The lowest BCUT2D eigenvalue weighted by molar-refractivity contribution is -0.128. The lowest BCUT2D eigenvalue weighted by Gasteiger charge is -2.43. The highest BCUT2D eigenvalue weighted by molar-refractivity contribution is 5.78. The van der Waals surface area contributed by atoms with Gasteiger partial charge in [-0.1, -0.05) is 44.5 Å². The number of hydrogen-bond acceptors (Lipinski definition) is 3. The van der Waals surface area contributed by atoms with Crippen molar-refractivity contribution in [3.8, 4) is 0 Å². The summed E-state index contributed by atoms with van der Waals surface area (Å²) in [5.41, 5.74) is 8.86. The summed E-state index contributed by atoms with van der Waals surface area (Å²) in [6.07, 6.45) is 5.65. The molecule has 0 radical (unpaired) electrons. The third-order valence-electron chi connectivity index (χ3n) is 6.54. The van der Waals surface area contributed by atoms with E-state index in [0.29, 0.717) is 24.4 Å². The number of carbonyl (C=O) groups excluding carboxylic acids is 1. The van der Waals surface area contributed by atoms with E-state index in [1.54, 1.807) is 0 Å².